The molecule has 0 aromatic heterocycles. The normalized spacial score (nSPS) is 18.0. The van der Waals surface area contributed by atoms with Crippen LogP contribution in [0.15, 0.2) is 115 Å². The molecule has 8 nitrogen and oxygen atoms in total. The molecule has 0 aliphatic carbocycles. The Morgan fingerprint density at radius 1 is 0.932 bits per heavy atom. The molecule has 226 valence electrons. The van der Waals surface area contributed by atoms with Crippen LogP contribution < -0.4 is 5.32 Å². The second kappa shape index (κ2) is 13.5. The zero-order valence-electron chi connectivity index (χ0n) is 24.1. The van der Waals surface area contributed by atoms with Gasteiger partial charge in [-0.2, -0.15) is 0 Å². The molecule has 1 saturated heterocycles. The monoisotopic (exact) mass is 629 g/mol. The maximum Gasteiger partial charge on any atom is 0.411 e. The molecule has 5 rings (SSSR count). The van der Waals surface area contributed by atoms with Crippen LogP contribution in [-0.4, -0.2) is 45.2 Å². The molecule has 1 aliphatic rings. The molecule has 2 amide bonds. The molecule has 1 N–H and O–H groups in total. The molecule has 10 heteroatoms. The summed E-state index contributed by atoms with van der Waals surface area (Å²) in [7, 11) is 0. The number of hydrogen-bond acceptors (Lipinski definition) is 6. The fourth-order valence-corrected chi connectivity index (χ4v) is 7.75. The second-order valence-corrected chi connectivity index (χ2v) is 12.5. The molecule has 4 aromatic carbocycles. The molecule has 2 atom stereocenters. The molecule has 1 heterocycles. The van der Waals surface area contributed by atoms with Crippen molar-refractivity contribution in [3.05, 3.63) is 148 Å². The number of nitro benzene ring substituents is 1. The number of carbonyl (C=O) groups is 2. The minimum atomic E-state index is -1.06. The van der Waals surface area contributed by atoms with Gasteiger partial charge < -0.3 is 10.1 Å². The third-order valence-electron chi connectivity index (χ3n) is 7.75. The van der Waals surface area contributed by atoms with Crippen LogP contribution in [0.1, 0.15) is 35.6 Å². The molecule has 44 heavy (non-hydrogen) atoms. The lowest BCUT2D eigenvalue weighted by atomic mass is 9.84. The van der Waals surface area contributed by atoms with Crippen molar-refractivity contribution < 1.29 is 19.2 Å². The Morgan fingerprint density at radius 2 is 1.43 bits per heavy atom. The molecular formula is C34H32ClN3O5S. The standard InChI is InChI=1S/C34H32ClN3O5S/c1-33(36-31(39)22-35)21-30(23-37(33)32(40)43-24-25-17-19-29(20-18-25)38(41)42)44-34(26-11-5-2-6-12-26,27-13-7-3-8-14-27)28-15-9-4-10-16-28/h2-20,30H,21-24H2,1H3,(H,36,39)/t30-,33-/m0/s1. The van der Waals surface area contributed by atoms with Crippen molar-refractivity contribution in [2.45, 2.75) is 35.6 Å². The molecule has 0 bridgehead atoms. The van der Waals surface area contributed by atoms with Crippen molar-refractivity contribution in [2.24, 2.45) is 0 Å². The SMILES string of the molecule is C[C@@]1(NC(=O)CCl)C[C@H](SC(c2ccccc2)(c2ccccc2)c2ccccc2)CN1C(=O)OCc1ccc([N+](=O)[O-])cc1. The number of nitrogens with one attached hydrogen (secondary N) is 1. The van der Waals surface area contributed by atoms with E-state index in [2.05, 4.69) is 41.7 Å². The maximum atomic E-state index is 13.6. The molecular weight excluding hydrogens is 598 g/mol. The van der Waals surface area contributed by atoms with Crippen LogP contribution in [0.5, 0.6) is 0 Å². The van der Waals surface area contributed by atoms with Gasteiger partial charge in [-0.15, -0.1) is 23.4 Å². The second-order valence-electron chi connectivity index (χ2n) is 10.8. The number of thioether (sulfide) groups is 1. The Kier molecular flexibility index (Phi) is 9.56. The van der Waals surface area contributed by atoms with Crippen LogP contribution in [-0.2, 0) is 20.9 Å². The van der Waals surface area contributed by atoms with E-state index >= 15 is 0 Å². The number of rotatable bonds is 10. The number of hydrogen-bond donors (Lipinski definition) is 1. The lowest BCUT2D eigenvalue weighted by Gasteiger charge is -2.37. The van der Waals surface area contributed by atoms with Gasteiger partial charge in [-0.1, -0.05) is 91.0 Å². The van der Waals surface area contributed by atoms with Gasteiger partial charge >= 0.3 is 6.09 Å². The van der Waals surface area contributed by atoms with E-state index in [-0.39, 0.29) is 23.4 Å². The number of ether oxygens (including phenoxy) is 1. The number of benzene rings is 4. The Morgan fingerprint density at radius 3 is 1.89 bits per heavy atom. The van der Waals surface area contributed by atoms with Gasteiger partial charge in [0, 0.05) is 30.3 Å². The smallest absolute Gasteiger partial charge is 0.411 e. The topological polar surface area (TPSA) is 102 Å². The third-order valence-corrected chi connectivity index (χ3v) is 9.70. The summed E-state index contributed by atoms with van der Waals surface area (Å²) in [5.74, 6) is -0.644. The largest absolute Gasteiger partial charge is 0.444 e. The highest BCUT2D eigenvalue weighted by molar-refractivity contribution is 8.01. The van der Waals surface area contributed by atoms with Gasteiger partial charge in [-0.05, 0) is 41.3 Å². The van der Waals surface area contributed by atoms with Crippen molar-refractivity contribution in [1.29, 1.82) is 0 Å². The minimum absolute atomic E-state index is 0.0467. The van der Waals surface area contributed by atoms with E-state index in [1.807, 2.05) is 54.6 Å². The summed E-state index contributed by atoms with van der Waals surface area (Å²) in [5.41, 5.74) is 2.77. The first kappa shape index (κ1) is 31.1. The zero-order valence-corrected chi connectivity index (χ0v) is 25.7. The van der Waals surface area contributed by atoms with Gasteiger partial charge in [0.25, 0.3) is 5.69 Å². The number of nitro groups is 1. The van der Waals surface area contributed by atoms with E-state index in [1.54, 1.807) is 35.7 Å². The minimum Gasteiger partial charge on any atom is -0.444 e. The Hall–Kier alpha value is -4.34. The molecule has 1 aliphatic heterocycles. The zero-order chi connectivity index (χ0) is 31.2. The van der Waals surface area contributed by atoms with E-state index in [4.69, 9.17) is 16.3 Å². The number of likely N-dealkylation sites (tertiary alicyclic amines) is 1. The number of halogens is 1. The highest BCUT2D eigenvalue weighted by atomic mass is 35.5. The Balaban J connectivity index is 1.48. The van der Waals surface area contributed by atoms with Gasteiger partial charge in [0.15, 0.2) is 0 Å². The van der Waals surface area contributed by atoms with Gasteiger partial charge in [0.2, 0.25) is 5.91 Å². The molecule has 0 saturated carbocycles. The van der Waals surface area contributed by atoms with Gasteiger partial charge in [0.1, 0.15) is 18.1 Å². The van der Waals surface area contributed by atoms with Gasteiger partial charge in [0.05, 0.1) is 9.67 Å². The maximum absolute atomic E-state index is 13.6. The molecule has 4 aromatic rings. The van der Waals surface area contributed by atoms with E-state index in [9.17, 15) is 19.7 Å². The van der Waals surface area contributed by atoms with Crippen molar-refractivity contribution in [3.8, 4) is 0 Å². The van der Waals surface area contributed by atoms with E-state index in [0.717, 1.165) is 16.7 Å². The van der Waals surface area contributed by atoms with Crippen LogP contribution in [0, 0.1) is 10.1 Å². The number of nitrogens with zero attached hydrogens (tertiary/aromatic N) is 2. The van der Waals surface area contributed by atoms with Crippen molar-refractivity contribution in [2.75, 3.05) is 12.4 Å². The fraction of sp³-hybridized carbons (Fsp3) is 0.235. The first-order valence-corrected chi connectivity index (χ1v) is 15.6. The van der Waals surface area contributed by atoms with E-state index in [0.29, 0.717) is 18.5 Å². The van der Waals surface area contributed by atoms with E-state index < -0.39 is 27.3 Å². The summed E-state index contributed by atoms with van der Waals surface area (Å²) in [6.45, 7) is 2.03. The quantitative estimate of drug-likeness (QED) is 0.0869. The number of non-ortho nitro benzene ring substituents is 1. The Labute approximate surface area is 265 Å². The van der Waals surface area contributed by atoms with Crippen molar-refractivity contribution in [3.63, 3.8) is 0 Å². The van der Waals surface area contributed by atoms with Crippen molar-refractivity contribution in [1.82, 2.24) is 10.2 Å². The first-order chi connectivity index (χ1) is 21.2. The van der Waals surface area contributed by atoms with E-state index in [1.165, 1.54) is 12.1 Å². The summed E-state index contributed by atoms with van der Waals surface area (Å²) >= 11 is 7.62. The van der Waals surface area contributed by atoms with Crippen LogP contribution in [0.25, 0.3) is 0 Å². The summed E-state index contributed by atoms with van der Waals surface area (Å²) < 4.78 is 5.06. The van der Waals surface area contributed by atoms with Crippen LogP contribution in [0.2, 0.25) is 0 Å². The summed E-state index contributed by atoms with van der Waals surface area (Å²) in [5, 5.41) is 13.8. The lowest BCUT2D eigenvalue weighted by Crippen LogP contribution is -2.57. The van der Waals surface area contributed by atoms with Crippen molar-refractivity contribution >= 4 is 41.1 Å². The summed E-state index contributed by atoms with van der Waals surface area (Å²) in [6.07, 6.45) is -0.158. The van der Waals surface area contributed by atoms with Crippen LogP contribution >= 0.6 is 23.4 Å². The molecule has 0 spiro atoms. The average molecular weight is 630 g/mol. The van der Waals surface area contributed by atoms with Crippen LogP contribution in [0.3, 0.4) is 0 Å². The Bertz CT molecular complexity index is 1500. The first-order valence-electron chi connectivity index (χ1n) is 14.1. The van der Waals surface area contributed by atoms with Gasteiger partial charge in [-0.25, -0.2) is 4.79 Å². The number of amides is 2. The number of alkyl halides is 1. The van der Waals surface area contributed by atoms with Gasteiger partial charge in [-0.3, -0.25) is 19.8 Å². The molecule has 1 fully saturated rings. The average Bonchev–Trinajstić information content (AvgIpc) is 3.38. The predicted octanol–water partition coefficient (Wildman–Crippen LogP) is 7.10. The molecule has 0 radical (unpaired) electrons. The molecule has 0 unspecified atom stereocenters. The summed E-state index contributed by atoms with van der Waals surface area (Å²) in [6, 6.07) is 36.7. The summed E-state index contributed by atoms with van der Waals surface area (Å²) in [4.78, 5) is 38.3. The van der Waals surface area contributed by atoms with Crippen LogP contribution in [0.4, 0.5) is 10.5 Å². The fourth-order valence-electron chi connectivity index (χ4n) is 5.74. The highest BCUT2D eigenvalue weighted by Crippen LogP contribution is 2.53. The predicted molar refractivity (Wildman–Crippen MR) is 172 cm³/mol. The number of carbonyl (C=O) groups excluding carboxylic acids is 2. The lowest BCUT2D eigenvalue weighted by molar-refractivity contribution is -0.384. The highest BCUT2D eigenvalue weighted by Gasteiger charge is 2.50. The third kappa shape index (κ3) is 6.59.